The summed E-state index contributed by atoms with van der Waals surface area (Å²) in [6.45, 7) is 0. The van der Waals surface area contributed by atoms with Gasteiger partial charge in [-0.05, 0) is 37.3 Å². The third-order valence-electron chi connectivity index (χ3n) is 3.78. The number of aromatic nitrogens is 2. The van der Waals surface area contributed by atoms with Gasteiger partial charge >= 0.3 is 0 Å². The maximum atomic E-state index is 5.84. The summed E-state index contributed by atoms with van der Waals surface area (Å²) in [6.07, 6.45) is 7.71. The summed E-state index contributed by atoms with van der Waals surface area (Å²) in [5.41, 5.74) is 2.97. The fourth-order valence-electron chi connectivity index (χ4n) is 3.07. The molecule has 1 aromatic heterocycles. The lowest BCUT2D eigenvalue weighted by Crippen LogP contribution is -2.19. The fraction of sp³-hybridized carbons (Fsp3) is 0.636. The zero-order valence-corrected chi connectivity index (χ0v) is 8.85. The van der Waals surface area contributed by atoms with Crippen molar-refractivity contribution < 1.29 is 0 Å². The second-order valence-electron chi connectivity index (χ2n) is 4.53. The van der Waals surface area contributed by atoms with Crippen LogP contribution in [0.25, 0.3) is 0 Å². The van der Waals surface area contributed by atoms with Crippen LogP contribution in [-0.2, 0) is 11.8 Å². The molecule has 3 heteroatoms. The molecule has 0 aliphatic heterocycles. The predicted molar refractivity (Wildman–Crippen MR) is 55.5 cm³/mol. The SMILES string of the molecule is Clc1cc2c(nn1)C1(CCCC1)CC2. The maximum absolute atomic E-state index is 5.84. The van der Waals surface area contributed by atoms with Crippen molar-refractivity contribution in [2.24, 2.45) is 0 Å². The second kappa shape index (κ2) is 2.93. The molecule has 1 aromatic rings. The van der Waals surface area contributed by atoms with E-state index in [0.717, 1.165) is 6.42 Å². The molecule has 2 aliphatic carbocycles. The van der Waals surface area contributed by atoms with Crippen LogP contribution in [0.5, 0.6) is 0 Å². The third-order valence-corrected chi connectivity index (χ3v) is 3.96. The molecule has 0 aromatic carbocycles. The minimum atomic E-state index is 0.382. The molecule has 3 rings (SSSR count). The second-order valence-corrected chi connectivity index (χ2v) is 4.92. The fourth-order valence-corrected chi connectivity index (χ4v) is 3.24. The number of fused-ring (bicyclic) bond motifs is 2. The van der Waals surface area contributed by atoms with E-state index >= 15 is 0 Å². The van der Waals surface area contributed by atoms with Gasteiger partial charge in [0.05, 0.1) is 5.69 Å². The number of hydrogen-bond acceptors (Lipinski definition) is 2. The van der Waals surface area contributed by atoms with Crippen LogP contribution in [0, 0.1) is 0 Å². The minimum absolute atomic E-state index is 0.382. The van der Waals surface area contributed by atoms with E-state index in [4.69, 9.17) is 11.6 Å². The Morgan fingerprint density at radius 2 is 1.93 bits per heavy atom. The average Bonchev–Trinajstić information content (AvgIpc) is 2.77. The van der Waals surface area contributed by atoms with Crippen molar-refractivity contribution in [2.45, 2.75) is 43.9 Å². The highest BCUT2D eigenvalue weighted by molar-refractivity contribution is 6.29. The van der Waals surface area contributed by atoms with Gasteiger partial charge in [0, 0.05) is 5.41 Å². The Hall–Kier alpha value is -0.630. The molecule has 0 unspecified atom stereocenters. The van der Waals surface area contributed by atoms with Crippen molar-refractivity contribution in [2.75, 3.05) is 0 Å². The smallest absolute Gasteiger partial charge is 0.152 e. The molecule has 0 bridgehead atoms. The van der Waals surface area contributed by atoms with Crippen LogP contribution in [0.2, 0.25) is 5.15 Å². The average molecular weight is 209 g/mol. The van der Waals surface area contributed by atoms with Gasteiger partial charge in [0.2, 0.25) is 0 Å². The molecule has 0 atom stereocenters. The van der Waals surface area contributed by atoms with E-state index in [-0.39, 0.29) is 0 Å². The van der Waals surface area contributed by atoms with E-state index in [2.05, 4.69) is 10.2 Å². The molecule has 2 aliphatic rings. The first kappa shape index (κ1) is 8.66. The van der Waals surface area contributed by atoms with Crippen LogP contribution in [-0.4, -0.2) is 10.2 Å². The molecule has 1 heterocycles. The first-order valence-electron chi connectivity index (χ1n) is 5.33. The Morgan fingerprint density at radius 3 is 2.71 bits per heavy atom. The quantitative estimate of drug-likeness (QED) is 0.655. The highest BCUT2D eigenvalue weighted by Crippen LogP contribution is 2.49. The Labute approximate surface area is 88.7 Å². The summed E-state index contributed by atoms with van der Waals surface area (Å²) in [5, 5.41) is 8.84. The van der Waals surface area contributed by atoms with Crippen molar-refractivity contribution in [1.29, 1.82) is 0 Å². The van der Waals surface area contributed by atoms with Gasteiger partial charge in [0.15, 0.2) is 5.15 Å². The lowest BCUT2D eigenvalue weighted by Gasteiger charge is -2.21. The molecular weight excluding hydrogens is 196 g/mol. The third kappa shape index (κ3) is 1.10. The van der Waals surface area contributed by atoms with Crippen molar-refractivity contribution in [3.05, 3.63) is 22.5 Å². The van der Waals surface area contributed by atoms with Crippen molar-refractivity contribution in [1.82, 2.24) is 10.2 Å². The lowest BCUT2D eigenvalue weighted by molar-refractivity contribution is 0.425. The summed E-state index contributed by atoms with van der Waals surface area (Å²) < 4.78 is 0. The zero-order valence-electron chi connectivity index (χ0n) is 8.09. The number of halogens is 1. The molecule has 1 fully saturated rings. The molecule has 0 N–H and O–H groups in total. The van der Waals surface area contributed by atoms with Crippen LogP contribution in [0.4, 0.5) is 0 Å². The molecule has 74 valence electrons. The highest BCUT2D eigenvalue weighted by Gasteiger charge is 2.42. The maximum Gasteiger partial charge on any atom is 0.152 e. The zero-order chi connectivity index (χ0) is 9.60. The predicted octanol–water partition coefficient (Wildman–Crippen LogP) is 2.89. The lowest BCUT2D eigenvalue weighted by atomic mass is 9.84. The first-order valence-corrected chi connectivity index (χ1v) is 5.71. The summed E-state index contributed by atoms with van der Waals surface area (Å²) in [6, 6.07) is 2.00. The standard InChI is InChI=1S/C11H13ClN2/c12-9-7-8-3-6-11(4-1-2-5-11)10(8)14-13-9/h7H,1-6H2. The summed E-state index contributed by atoms with van der Waals surface area (Å²) in [4.78, 5) is 0. The van der Waals surface area contributed by atoms with E-state index in [1.807, 2.05) is 6.07 Å². The number of rotatable bonds is 0. The Bertz CT molecular complexity index is 370. The topological polar surface area (TPSA) is 25.8 Å². The summed E-state index contributed by atoms with van der Waals surface area (Å²) in [5.74, 6) is 0. The molecule has 1 spiro atoms. The Balaban J connectivity index is 2.09. The molecular formula is C11H13ClN2. The monoisotopic (exact) mass is 208 g/mol. The molecule has 14 heavy (non-hydrogen) atoms. The van der Waals surface area contributed by atoms with Crippen LogP contribution >= 0.6 is 11.6 Å². The molecule has 2 nitrogen and oxygen atoms in total. The van der Waals surface area contributed by atoms with Gasteiger partial charge < -0.3 is 0 Å². The van der Waals surface area contributed by atoms with E-state index in [1.54, 1.807) is 0 Å². The summed E-state index contributed by atoms with van der Waals surface area (Å²) >= 11 is 5.84. The largest absolute Gasteiger partial charge is 0.153 e. The van der Waals surface area contributed by atoms with Crippen LogP contribution in [0.1, 0.15) is 43.4 Å². The summed E-state index contributed by atoms with van der Waals surface area (Å²) in [7, 11) is 0. The van der Waals surface area contributed by atoms with Gasteiger partial charge in [-0.1, -0.05) is 24.4 Å². The van der Waals surface area contributed by atoms with Gasteiger partial charge in [0.25, 0.3) is 0 Å². The van der Waals surface area contributed by atoms with Crippen molar-refractivity contribution in [3.8, 4) is 0 Å². The molecule has 1 saturated carbocycles. The van der Waals surface area contributed by atoms with Gasteiger partial charge in [-0.3, -0.25) is 0 Å². The van der Waals surface area contributed by atoms with E-state index in [9.17, 15) is 0 Å². The van der Waals surface area contributed by atoms with Crippen LogP contribution in [0.3, 0.4) is 0 Å². The number of hydrogen-bond donors (Lipinski definition) is 0. The van der Waals surface area contributed by atoms with E-state index in [1.165, 1.54) is 43.4 Å². The van der Waals surface area contributed by atoms with Gasteiger partial charge in [-0.2, -0.15) is 5.10 Å². The van der Waals surface area contributed by atoms with Crippen LogP contribution < -0.4 is 0 Å². The molecule has 0 saturated heterocycles. The normalized spacial score (nSPS) is 22.9. The van der Waals surface area contributed by atoms with Crippen molar-refractivity contribution >= 4 is 11.6 Å². The Kier molecular flexibility index (Phi) is 1.81. The van der Waals surface area contributed by atoms with Crippen LogP contribution in [0.15, 0.2) is 6.07 Å². The molecule has 0 radical (unpaired) electrons. The van der Waals surface area contributed by atoms with E-state index < -0.39 is 0 Å². The highest BCUT2D eigenvalue weighted by atomic mass is 35.5. The Morgan fingerprint density at radius 1 is 1.14 bits per heavy atom. The van der Waals surface area contributed by atoms with Crippen molar-refractivity contribution in [3.63, 3.8) is 0 Å². The van der Waals surface area contributed by atoms with Gasteiger partial charge in [-0.15, -0.1) is 5.10 Å². The molecule has 0 amide bonds. The van der Waals surface area contributed by atoms with Gasteiger partial charge in [0.1, 0.15) is 0 Å². The van der Waals surface area contributed by atoms with E-state index in [0.29, 0.717) is 10.6 Å². The minimum Gasteiger partial charge on any atom is -0.153 e. The van der Waals surface area contributed by atoms with Gasteiger partial charge in [-0.25, -0.2) is 0 Å². The number of nitrogens with zero attached hydrogens (tertiary/aromatic N) is 2. The number of aryl methyl sites for hydroxylation is 1. The first-order chi connectivity index (χ1) is 6.80.